The zero-order chi connectivity index (χ0) is 6.97. The fourth-order valence-corrected chi connectivity index (χ4v) is 1.70. The lowest BCUT2D eigenvalue weighted by molar-refractivity contribution is -0.121. The minimum atomic E-state index is 0.236. The maximum atomic E-state index is 11.3. The SMILES string of the molecule is O=C1[C@@H]2C=CC=C[C@H]1CC2. The molecule has 0 N–H and O–H groups in total. The van der Waals surface area contributed by atoms with E-state index >= 15 is 0 Å². The van der Waals surface area contributed by atoms with Crippen LogP contribution in [0.1, 0.15) is 12.8 Å². The number of carbonyl (C=O) groups excluding carboxylic acids is 1. The number of allylic oxidation sites excluding steroid dienone is 4. The van der Waals surface area contributed by atoms with E-state index in [9.17, 15) is 4.79 Å². The quantitative estimate of drug-likeness (QED) is 0.493. The normalized spacial score (nSPS) is 36.6. The van der Waals surface area contributed by atoms with Crippen LogP contribution in [0.4, 0.5) is 0 Å². The van der Waals surface area contributed by atoms with Crippen molar-refractivity contribution in [3.05, 3.63) is 24.3 Å². The predicted molar refractivity (Wildman–Crippen MR) is 39.5 cm³/mol. The highest BCUT2D eigenvalue weighted by Gasteiger charge is 2.31. The number of hydrogen-bond donors (Lipinski definition) is 0. The van der Waals surface area contributed by atoms with E-state index in [1.54, 1.807) is 0 Å². The molecule has 2 aliphatic carbocycles. The van der Waals surface area contributed by atoms with E-state index in [0.29, 0.717) is 5.78 Å². The van der Waals surface area contributed by atoms with Crippen molar-refractivity contribution in [1.29, 1.82) is 0 Å². The summed E-state index contributed by atoms with van der Waals surface area (Å²) in [6, 6.07) is 0. The molecule has 2 bridgehead atoms. The smallest absolute Gasteiger partial charge is 0.146 e. The fraction of sp³-hybridized carbons (Fsp3) is 0.444. The number of fused-ring (bicyclic) bond motifs is 2. The van der Waals surface area contributed by atoms with Gasteiger partial charge < -0.3 is 0 Å². The Kier molecular flexibility index (Phi) is 1.23. The zero-order valence-corrected chi connectivity index (χ0v) is 5.79. The first-order chi connectivity index (χ1) is 4.88. The third-order valence-corrected chi connectivity index (χ3v) is 2.32. The fourth-order valence-electron chi connectivity index (χ4n) is 1.70. The van der Waals surface area contributed by atoms with Crippen LogP contribution in [0.3, 0.4) is 0 Å². The van der Waals surface area contributed by atoms with Gasteiger partial charge in [-0.05, 0) is 12.8 Å². The lowest BCUT2D eigenvalue weighted by Crippen LogP contribution is -2.08. The number of carbonyl (C=O) groups is 1. The molecule has 1 fully saturated rings. The topological polar surface area (TPSA) is 17.1 Å². The molecule has 0 aromatic carbocycles. The van der Waals surface area contributed by atoms with Crippen LogP contribution in [0.25, 0.3) is 0 Å². The number of ketones is 1. The van der Waals surface area contributed by atoms with Crippen molar-refractivity contribution in [2.75, 3.05) is 0 Å². The van der Waals surface area contributed by atoms with Crippen LogP contribution in [-0.2, 0) is 4.79 Å². The third kappa shape index (κ3) is 0.737. The van der Waals surface area contributed by atoms with Crippen molar-refractivity contribution >= 4 is 5.78 Å². The Hall–Kier alpha value is -0.850. The van der Waals surface area contributed by atoms with Gasteiger partial charge in [-0.15, -0.1) is 0 Å². The maximum Gasteiger partial charge on any atom is 0.146 e. The molecule has 1 nitrogen and oxygen atoms in total. The summed E-state index contributed by atoms with van der Waals surface area (Å²) in [6.07, 6.45) is 10.1. The first kappa shape index (κ1) is 5.90. The molecule has 0 radical (unpaired) electrons. The first-order valence-corrected chi connectivity index (χ1v) is 3.76. The molecule has 0 aromatic heterocycles. The Morgan fingerprint density at radius 1 is 1.10 bits per heavy atom. The second kappa shape index (κ2) is 2.08. The lowest BCUT2D eigenvalue weighted by atomic mass is 10.1. The van der Waals surface area contributed by atoms with Gasteiger partial charge in [0.25, 0.3) is 0 Å². The highest BCUT2D eigenvalue weighted by molar-refractivity contribution is 5.89. The van der Waals surface area contributed by atoms with Gasteiger partial charge in [-0.3, -0.25) is 4.79 Å². The van der Waals surface area contributed by atoms with Crippen LogP contribution in [0, 0.1) is 11.8 Å². The molecule has 2 atom stereocenters. The molecule has 0 aromatic rings. The number of hydrogen-bond acceptors (Lipinski definition) is 1. The molecule has 2 rings (SSSR count). The molecule has 0 spiro atoms. The second-order valence-corrected chi connectivity index (χ2v) is 2.96. The summed E-state index contributed by atoms with van der Waals surface area (Å²) < 4.78 is 0. The standard InChI is InChI=1S/C9H10O/c10-9-7-3-1-2-4-8(9)6-5-7/h1-4,7-8H,5-6H2/t7-,8+. The van der Waals surface area contributed by atoms with E-state index in [-0.39, 0.29) is 11.8 Å². The molecule has 52 valence electrons. The Balaban J connectivity index is 2.34. The van der Waals surface area contributed by atoms with E-state index in [1.807, 2.05) is 24.3 Å². The monoisotopic (exact) mass is 134 g/mol. The summed E-state index contributed by atoms with van der Waals surface area (Å²) >= 11 is 0. The molecule has 2 aliphatic rings. The highest BCUT2D eigenvalue weighted by atomic mass is 16.1. The van der Waals surface area contributed by atoms with Crippen LogP contribution >= 0.6 is 0 Å². The van der Waals surface area contributed by atoms with Gasteiger partial charge in [0.1, 0.15) is 5.78 Å². The van der Waals surface area contributed by atoms with Crippen molar-refractivity contribution < 1.29 is 4.79 Å². The van der Waals surface area contributed by atoms with Crippen molar-refractivity contribution in [1.82, 2.24) is 0 Å². The molecule has 0 aliphatic heterocycles. The second-order valence-electron chi connectivity index (χ2n) is 2.96. The van der Waals surface area contributed by atoms with E-state index in [0.717, 1.165) is 12.8 Å². The first-order valence-electron chi connectivity index (χ1n) is 3.76. The van der Waals surface area contributed by atoms with Gasteiger partial charge in [0, 0.05) is 11.8 Å². The van der Waals surface area contributed by atoms with Crippen LogP contribution in [0.15, 0.2) is 24.3 Å². The minimum Gasteiger partial charge on any atom is -0.298 e. The van der Waals surface area contributed by atoms with Gasteiger partial charge in [-0.1, -0.05) is 24.3 Å². The Morgan fingerprint density at radius 2 is 1.60 bits per heavy atom. The molecule has 0 amide bonds. The third-order valence-electron chi connectivity index (χ3n) is 2.32. The molecular weight excluding hydrogens is 124 g/mol. The average molecular weight is 134 g/mol. The Labute approximate surface area is 60.4 Å². The summed E-state index contributed by atoms with van der Waals surface area (Å²) in [5, 5.41) is 0. The maximum absolute atomic E-state index is 11.3. The molecule has 0 saturated heterocycles. The van der Waals surface area contributed by atoms with Crippen LogP contribution in [0.2, 0.25) is 0 Å². The molecule has 0 heterocycles. The Morgan fingerprint density at radius 3 is 2.10 bits per heavy atom. The van der Waals surface area contributed by atoms with Gasteiger partial charge in [-0.2, -0.15) is 0 Å². The van der Waals surface area contributed by atoms with Gasteiger partial charge in [-0.25, -0.2) is 0 Å². The predicted octanol–water partition coefficient (Wildman–Crippen LogP) is 1.71. The summed E-state index contributed by atoms with van der Waals surface area (Å²) in [5.41, 5.74) is 0. The summed E-state index contributed by atoms with van der Waals surface area (Å²) in [7, 11) is 0. The van der Waals surface area contributed by atoms with E-state index < -0.39 is 0 Å². The van der Waals surface area contributed by atoms with E-state index in [2.05, 4.69) is 0 Å². The number of Topliss-reactive ketones (excluding diaryl/α,β-unsaturated/α-hetero) is 1. The lowest BCUT2D eigenvalue weighted by Gasteiger charge is -1.98. The summed E-state index contributed by atoms with van der Waals surface area (Å²) in [4.78, 5) is 11.3. The highest BCUT2D eigenvalue weighted by Crippen LogP contribution is 2.30. The molecule has 10 heavy (non-hydrogen) atoms. The van der Waals surface area contributed by atoms with Gasteiger partial charge in [0.2, 0.25) is 0 Å². The van der Waals surface area contributed by atoms with Crippen molar-refractivity contribution in [3.63, 3.8) is 0 Å². The number of rotatable bonds is 0. The minimum absolute atomic E-state index is 0.236. The van der Waals surface area contributed by atoms with E-state index in [1.165, 1.54) is 0 Å². The van der Waals surface area contributed by atoms with Gasteiger partial charge >= 0.3 is 0 Å². The van der Waals surface area contributed by atoms with Crippen molar-refractivity contribution in [2.24, 2.45) is 11.8 Å². The molecule has 1 heteroatoms. The Bertz CT molecular complexity index is 191. The van der Waals surface area contributed by atoms with Gasteiger partial charge in [0.05, 0.1) is 0 Å². The molecule has 1 saturated carbocycles. The molecular formula is C9H10O. The van der Waals surface area contributed by atoms with Crippen molar-refractivity contribution in [3.8, 4) is 0 Å². The largest absolute Gasteiger partial charge is 0.298 e. The zero-order valence-electron chi connectivity index (χ0n) is 5.79. The average Bonchev–Trinajstić information content (AvgIpc) is 2.06. The summed E-state index contributed by atoms with van der Waals surface area (Å²) in [5.74, 6) is 0.894. The van der Waals surface area contributed by atoms with Crippen LogP contribution < -0.4 is 0 Å². The van der Waals surface area contributed by atoms with Gasteiger partial charge in [0.15, 0.2) is 0 Å². The van der Waals surface area contributed by atoms with Crippen LogP contribution in [-0.4, -0.2) is 5.78 Å². The van der Waals surface area contributed by atoms with Crippen molar-refractivity contribution in [2.45, 2.75) is 12.8 Å². The molecule has 0 unspecified atom stereocenters. The van der Waals surface area contributed by atoms with E-state index in [4.69, 9.17) is 0 Å². The van der Waals surface area contributed by atoms with Crippen LogP contribution in [0.5, 0.6) is 0 Å². The summed E-state index contributed by atoms with van der Waals surface area (Å²) in [6.45, 7) is 0.